The highest BCUT2D eigenvalue weighted by Crippen LogP contribution is 2.21. The number of hydrogen-bond donors (Lipinski definition) is 2. The van der Waals surface area contributed by atoms with Gasteiger partial charge in [0.1, 0.15) is 0 Å². The summed E-state index contributed by atoms with van der Waals surface area (Å²) in [5.41, 5.74) is 0.943. The molecule has 0 aromatic heterocycles. The van der Waals surface area contributed by atoms with Crippen LogP contribution in [0.25, 0.3) is 0 Å². The molecule has 0 saturated heterocycles. The van der Waals surface area contributed by atoms with Crippen molar-refractivity contribution in [2.45, 2.75) is 20.4 Å². The van der Waals surface area contributed by atoms with E-state index in [1.807, 2.05) is 26.0 Å². The lowest BCUT2D eigenvalue weighted by Gasteiger charge is -2.11. The fourth-order valence-electron chi connectivity index (χ4n) is 1.54. The highest BCUT2D eigenvalue weighted by molar-refractivity contribution is 14.0. The van der Waals surface area contributed by atoms with Gasteiger partial charge in [-0.1, -0.05) is 29.3 Å². The number of halogens is 3. The second-order valence-corrected chi connectivity index (χ2v) is 4.90. The third kappa shape index (κ3) is 8.70. The van der Waals surface area contributed by atoms with Crippen LogP contribution < -0.4 is 10.6 Å². The van der Waals surface area contributed by atoms with Crippen molar-refractivity contribution in [3.8, 4) is 0 Å². The van der Waals surface area contributed by atoms with Crippen molar-refractivity contribution in [1.82, 2.24) is 10.6 Å². The summed E-state index contributed by atoms with van der Waals surface area (Å²) >= 11 is 12.0. The monoisotopic (exact) mass is 445 g/mol. The third-order valence-corrected chi connectivity index (χ3v) is 3.10. The lowest BCUT2D eigenvalue weighted by atomic mass is 10.2. The van der Waals surface area contributed by atoms with Crippen LogP contribution in [0, 0.1) is 0 Å². The van der Waals surface area contributed by atoms with Gasteiger partial charge in [0.25, 0.3) is 0 Å². The van der Waals surface area contributed by atoms with Crippen LogP contribution in [-0.2, 0) is 11.3 Å². The Morgan fingerprint density at radius 2 is 2.00 bits per heavy atom. The Balaban J connectivity index is 0.00000400. The molecule has 1 rings (SSSR count). The van der Waals surface area contributed by atoms with Gasteiger partial charge in [0.15, 0.2) is 5.96 Å². The Morgan fingerprint density at radius 1 is 1.24 bits per heavy atom. The number of benzene rings is 1. The van der Waals surface area contributed by atoms with E-state index in [4.69, 9.17) is 27.9 Å². The minimum atomic E-state index is 0. The molecular formula is C14H22Cl2IN3O. The summed E-state index contributed by atoms with van der Waals surface area (Å²) in [5.74, 6) is 0.748. The predicted molar refractivity (Wildman–Crippen MR) is 101 cm³/mol. The normalized spacial score (nSPS) is 11.0. The first-order chi connectivity index (χ1) is 9.67. The summed E-state index contributed by atoms with van der Waals surface area (Å²) in [5, 5.41) is 7.64. The summed E-state index contributed by atoms with van der Waals surface area (Å²) in [7, 11) is 0. The molecule has 0 amide bonds. The maximum Gasteiger partial charge on any atom is 0.191 e. The molecule has 120 valence electrons. The first-order valence-electron chi connectivity index (χ1n) is 6.71. The molecule has 0 fully saturated rings. The molecule has 0 heterocycles. The second-order valence-electron chi connectivity index (χ2n) is 4.05. The lowest BCUT2D eigenvalue weighted by Crippen LogP contribution is -2.39. The predicted octanol–water partition coefficient (Wildman–Crippen LogP) is 3.70. The van der Waals surface area contributed by atoms with E-state index in [0.717, 1.165) is 24.7 Å². The molecule has 21 heavy (non-hydrogen) atoms. The smallest absolute Gasteiger partial charge is 0.191 e. The quantitative estimate of drug-likeness (QED) is 0.291. The maximum atomic E-state index is 6.12. The fraction of sp³-hybridized carbons (Fsp3) is 0.500. The van der Waals surface area contributed by atoms with Crippen molar-refractivity contribution < 1.29 is 4.74 Å². The molecule has 4 nitrogen and oxygen atoms in total. The van der Waals surface area contributed by atoms with Gasteiger partial charge in [-0.3, -0.25) is 0 Å². The van der Waals surface area contributed by atoms with Gasteiger partial charge < -0.3 is 15.4 Å². The van der Waals surface area contributed by atoms with Crippen LogP contribution in [0.15, 0.2) is 23.2 Å². The van der Waals surface area contributed by atoms with Crippen molar-refractivity contribution in [3.63, 3.8) is 0 Å². The van der Waals surface area contributed by atoms with E-state index in [0.29, 0.717) is 29.7 Å². The maximum absolute atomic E-state index is 6.12. The third-order valence-electron chi connectivity index (χ3n) is 2.51. The number of aliphatic imine (C=N–C) groups is 1. The molecule has 0 spiro atoms. The van der Waals surface area contributed by atoms with Gasteiger partial charge in [0, 0.05) is 29.7 Å². The van der Waals surface area contributed by atoms with Gasteiger partial charge in [0.2, 0.25) is 0 Å². The minimum Gasteiger partial charge on any atom is -0.380 e. The molecule has 7 heteroatoms. The van der Waals surface area contributed by atoms with Crippen LogP contribution in [0.4, 0.5) is 0 Å². The molecule has 0 saturated carbocycles. The van der Waals surface area contributed by atoms with Gasteiger partial charge in [-0.25, -0.2) is 4.99 Å². The zero-order valence-corrected chi connectivity index (χ0v) is 16.1. The SMILES string of the molecule is CCNC(=NCc1ccc(Cl)cc1Cl)NCCOCC.I. The standard InChI is InChI=1S/C14H21Cl2N3O.HI/c1-3-17-14(18-7-8-20-4-2)19-10-11-5-6-12(15)9-13(11)16;/h5-6,9H,3-4,7-8,10H2,1-2H3,(H2,17,18,19);1H. The van der Waals surface area contributed by atoms with Crippen molar-refractivity contribution in [3.05, 3.63) is 33.8 Å². The minimum absolute atomic E-state index is 0. The molecule has 1 aromatic rings. The Kier molecular flexibility index (Phi) is 12.2. The van der Waals surface area contributed by atoms with Crippen molar-refractivity contribution in [2.75, 3.05) is 26.3 Å². The van der Waals surface area contributed by atoms with E-state index in [2.05, 4.69) is 15.6 Å². The molecule has 0 radical (unpaired) electrons. The van der Waals surface area contributed by atoms with E-state index in [1.165, 1.54) is 0 Å². The molecule has 0 aliphatic heterocycles. The van der Waals surface area contributed by atoms with Gasteiger partial charge >= 0.3 is 0 Å². The fourth-order valence-corrected chi connectivity index (χ4v) is 2.01. The number of guanidine groups is 1. The summed E-state index contributed by atoms with van der Waals surface area (Å²) in [6.07, 6.45) is 0. The molecule has 1 aromatic carbocycles. The Labute approximate surface area is 153 Å². The molecule has 0 aliphatic rings. The summed E-state index contributed by atoms with van der Waals surface area (Å²) in [4.78, 5) is 4.48. The van der Waals surface area contributed by atoms with Crippen molar-refractivity contribution >= 4 is 53.1 Å². The van der Waals surface area contributed by atoms with Crippen LogP contribution in [0.1, 0.15) is 19.4 Å². The van der Waals surface area contributed by atoms with Gasteiger partial charge in [0.05, 0.1) is 13.2 Å². The van der Waals surface area contributed by atoms with Crippen LogP contribution in [0.5, 0.6) is 0 Å². The Bertz CT molecular complexity index is 444. The molecule has 0 bridgehead atoms. The molecule has 0 aliphatic carbocycles. The number of nitrogens with one attached hydrogen (secondary N) is 2. The lowest BCUT2D eigenvalue weighted by molar-refractivity contribution is 0.152. The zero-order chi connectivity index (χ0) is 14.8. The van der Waals surface area contributed by atoms with Crippen molar-refractivity contribution in [2.24, 2.45) is 4.99 Å². The van der Waals surface area contributed by atoms with Gasteiger partial charge in [-0.2, -0.15) is 0 Å². The van der Waals surface area contributed by atoms with E-state index in [1.54, 1.807) is 6.07 Å². The molecule has 2 N–H and O–H groups in total. The van der Waals surface area contributed by atoms with E-state index >= 15 is 0 Å². The highest BCUT2D eigenvalue weighted by atomic mass is 127. The van der Waals surface area contributed by atoms with Gasteiger partial charge in [-0.15, -0.1) is 24.0 Å². The molecular weight excluding hydrogens is 424 g/mol. The summed E-state index contributed by atoms with van der Waals surface area (Å²) in [6.45, 7) is 7.39. The molecule has 0 unspecified atom stereocenters. The van der Waals surface area contributed by atoms with Crippen LogP contribution in [0.2, 0.25) is 10.0 Å². The average molecular weight is 446 g/mol. The van der Waals surface area contributed by atoms with E-state index < -0.39 is 0 Å². The zero-order valence-electron chi connectivity index (χ0n) is 12.3. The number of nitrogens with zero attached hydrogens (tertiary/aromatic N) is 1. The summed E-state index contributed by atoms with van der Waals surface area (Å²) in [6, 6.07) is 5.43. The van der Waals surface area contributed by atoms with Crippen LogP contribution in [-0.4, -0.2) is 32.3 Å². The van der Waals surface area contributed by atoms with E-state index in [-0.39, 0.29) is 24.0 Å². The van der Waals surface area contributed by atoms with Crippen molar-refractivity contribution in [1.29, 1.82) is 0 Å². The van der Waals surface area contributed by atoms with Gasteiger partial charge in [-0.05, 0) is 31.5 Å². The Hall–Kier alpha value is -0.240. The first kappa shape index (κ1) is 20.8. The number of hydrogen-bond acceptors (Lipinski definition) is 2. The topological polar surface area (TPSA) is 45.7 Å². The molecule has 0 atom stereocenters. The van der Waals surface area contributed by atoms with Crippen LogP contribution in [0.3, 0.4) is 0 Å². The number of rotatable bonds is 7. The second kappa shape index (κ2) is 12.3. The summed E-state index contributed by atoms with van der Waals surface area (Å²) < 4.78 is 5.28. The van der Waals surface area contributed by atoms with Crippen LogP contribution >= 0.6 is 47.2 Å². The highest BCUT2D eigenvalue weighted by Gasteiger charge is 2.02. The number of ether oxygens (including phenoxy) is 1. The Morgan fingerprint density at radius 3 is 2.62 bits per heavy atom. The van der Waals surface area contributed by atoms with E-state index in [9.17, 15) is 0 Å². The first-order valence-corrected chi connectivity index (χ1v) is 7.46. The largest absolute Gasteiger partial charge is 0.380 e. The average Bonchev–Trinajstić information content (AvgIpc) is 2.42.